The number of nitrogens with zero attached hydrogens (tertiary/aromatic N) is 3. The van der Waals surface area contributed by atoms with Gasteiger partial charge in [0, 0.05) is 0 Å². The van der Waals surface area contributed by atoms with Gasteiger partial charge in [-0.3, -0.25) is 0 Å². The topological polar surface area (TPSA) is 42.7 Å². The summed E-state index contributed by atoms with van der Waals surface area (Å²) in [7, 11) is 1.83. The zero-order chi connectivity index (χ0) is 12.3. The van der Waals surface area contributed by atoms with E-state index in [-0.39, 0.29) is 5.02 Å². The average Bonchev–Trinajstić information content (AvgIpc) is 2.73. The van der Waals surface area contributed by atoms with Gasteiger partial charge in [0.15, 0.2) is 0 Å². The molecule has 0 amide bonds. The highest BCUT2D eigenvalue weighted by molar-refractivity contribution is 6.31. The van der Waals surface area contributed by atoms with Gasteiger partial charge in [-0.1, -0.05) is 23.7 Å². The lowest BCUT2D eigenvalue weighted by atomic mass is 10.2. The van der Waals surface area contributed by atoms with Gasteiger partial charge in [-0.15, -0.1) is 0 Å². The van der Waals surface area contributed by atoms with Crippen LogP contribution in [0.3, 0.4) is 0 Å². The van der Waals surface area contributed by atoms with Gasteiger partial charge in [-0.25, -0.2) is 14.1 Å². The second-order valence-electron chi connectivity index (χ2n) is 3.58. The molecular formula is C11H12ClFN4. The minimum absolute atomic E-state index is 0.137. The first kappa shape index (κ1) is 12.0. The molecule has 1 aromatic heterocycles. The lowest BCUT2D eigenvalue weighted by Gasteiger charge is -2.07. The number of nitrogens with one attached hydrogen (secondary N) is 1. The average molecular weight is 255 g/mol. The molecule has 0 atom stereocenters. The number of benzene rings is 1. The van der Waals surface area contributed by atoms with Crippen LogP contribution >= 0.6 is 11.6 Å². The molecule has 0 saturated carbocycles. The van der Waals surface area contributed by atoms with Crippen molar-refractivity contribution in [2.45, 2.75) is 13.1 Å². The minimum Gasteiger partial charge on any atom is -0.313 e. The molecule has 0 saturated heterocycles. The summed E-state index contributed by atoms with van der Waals surface area (Å²) in [4.78, 5) is 4.11. The molecule has 0 aliphatic rings. The Hall–Kier alpha value is -1.46. The molecule has 1 heterocycles. The molecule has 1 aromatic carbocycles. The summed E-state index contributed by atoms with van der Waals surface area (Å²) in [5.74, 6) is 0.368. The third-order valence-electron chi connectivity index (χ3n) is 2.38. The summed E-state index contributed by atoms with van der Waals surface area (Å²) >= 11 is 5.89. The molecule has 1 N–H and O–H groups in total. The summed E-state index contributed by atoms with van der Waals surface area (Å²) < 4.78 is 15.0. The highest BCUT2D eigenvalue weighted by Gasteiger charge is 2.09. The van der Waals surface area contributed by atoms with Crippen LogP contribution in [0.5, 0.6) is 0 Å². The Bertz CT molecular complexity index is 512. The van der Waals surface area contributed by atoms with Gasteiger partial charge < -0.3 is 5.32 Å². The van der Waals surface area contributed by atoms with Crippen LogP contribution < -0.4 is 5.32 Å². The van der Waals surface area contributed by atoms with Crippen LogP contribution in [0.15, 0.2) is 24.5 Å². The van der Waals surface area contributed by atoms with Crippen LogP contribution in [-0.2, 0) is 13.1 Å². The first-order chi connectivity index (χ1) is 8.22. The third kappa shape index (κ3) is 2.62. The van der Waals surface area contributed by atoms with Crippen LogP contribution in [0.1, 0.15) is 11.4 Å². The molecule has 0 bridgehead atoms. The van der Waals surface area contributed by atoms with Crippen molar-refractivity contribution in [2.75, 3.05) is 7.05 Å². The molecule has 4 nitrogen and oxygen atoms in total. The molecule has 0 fully saturated rings. The molecule has 2 rings (SSSR count). The lowest BCUT2D eigenvalue weighted by Crippen LogP contribution is -2.14. The zero-order valence-electron chi connectivity index (χ0n) is 9.32. The van der Waals surface area contributed by atoms with Crippen LogP contribution in [0.25, 0.3) is 0 Å². The first-order valence-corrected chi connectivity index (χ1v) is 5.54. The van der Waals surface area contributed by atoms with Gasteiger partial charge in [0.1, 0.15) is 18.0 Å². The van der Waals surface area contributed by atoms with Crippen LogP contribution in [0, 0.1) is 5.82 Å². The molecule has 0 aliphatic carbocycles. The molecule has 2 aromatic rings. The van der Waals surface area contributed by atoms with E-state index in [1.807, 2.05) is 7.05 Å². The quantitative estimate of drug-likeness (QED) is 0.905. The van der Waals surface area contributed by atoms with Gasteiger partial charge in [-0.2, -0.15) is 5.10 Å². The van der Waals surface area contributed by atoms with Gasteiger partial charge in [-0.05, 0) is 18.7 Å². The minimum atomic E-state index is -0.417. The van der Waals surface area contributed by atoms with E-state index in [4.69, 9.17) is 11.6 Å². The number of hydrogen-bond acceptors (Lipinski definition) is 3. The fraction of sp³-hybridized carbons (Fsp3) is 0.273. The van der Waals surface area contributed by atoms with Crippen molar-refractivity contribution >= 4 is 11.6 Å². The van der Waals surface area contributed by atoms with Crippen molar-refractivity contribution in [3.05, 3.63) is 46.8 Å². The second-order valence-corrected chi connectivity index (χ2v) is 3.96. The summed E-state index contributed by atoms with van der Waals surface area (Å²) in [6, 6.07) is 4.74. The van der Waals surface area contributed by atoms with Gasteiger partial charge in [0.05, 0.1) is 18.1 Å². The number of hydrogen-bond donors (Lipinski definition) is 1. The summed E-state index contributed by atoms with van der Waals surface area (Å²) in [6.07, 6.45) is 1.47. The maximum Gasteiger partial charge on any atom is 0.142 e. The Morgan fingerprint density at radius 1 is 1.47 bits per heavy atom. The van der Waals surface area contributed by atoms with Crippen molar-refractivity contribution in [3.8, 4) is 0 Å². The summed E-state index contributed by atoms with van der Waals surface area (Å²) in [5.41, 5.74) is 0.689. The molecule has 90 valence electrons. The van der Waals surface area contributed by atoms with Crippen LogP contribution in [0.2, 0.25) is 5.02 Å². The van der Waals surface area contributed by atoms with Crippen molar-refractivity contribution in [1.82, 2.24) is 20.1 Å². The van der Waals surface area contributed by atoms with Crippen LogP contribution in [-0.4, -0.2) is 21.8 Å². The monoisotopic (exact) mass is 254 g/mol. The van der Waals surface area contributed by atoms with Crippen LogP contribution in [0.4, 0.5) is 4.39 Å². The zero-order valence-corrected chi connectivity index (χ0v) is 10.1. The Balaban J connectivity index is 2.25. The Morgan fingerprint density at radius 2 is 2.29 bits per heavy atom. The molecular weight excluding hydrogens is 243 g/mol. The fourth-order valence-corrected chi connectivity index (χ4v) is 1.73. The number of aromatic nitrogens is 3. The Kier molecular flexibility index (Phi) is 3.71. The van der Waals surface area contributed by atoms with Gasteiger partial charge >= 0.3 is 0 Å². The Labute approximate surface area is 103 Å². The molecule has 0 aliphatic heterocycles. The predicted octanol–water partition coefficient (Wildman–Crippen LogP) is 1.84. The van der Waals surface area contributed by atoms with E-state index >= 15 is 0 Å². The SMILES string of the molecule is CNCc1ncnn1Cc1cccc(F)c1Cl. The highest BCUT2D eigenvalue weighted by Crippen LogP contribution is 2.20. The van der Waals surface area contributed by atoms with Crippen molar-refractivity contribution in [2.24, 2.45) is 0 Å². The Morgan fingerprint density at radius 3 is 3.06 bits per heavy atom. The lowest BCUT2D eigenvalue weighted by molar-refractivity contribution is 0.600. The molecule has 0 spiro atoms. The third-order valence-corrected chi connectivity index (χ3v) is 2.81. The van der Waals surface area contributed by atoms with E-state index in [1.165, 1.54) is 12.4 Å². The summed E-state index contributed by atoms with van der Waals surface area (Å²) in [5, 5.41) is 7.21. The summed E-state index contributed by atoms with van der Waals surface area (Å²) in [6.45, 7) is 1.01. The maximum atomic E-state index is 13.3. The van der Waals surface area contributed by atoms with Crippen molar-refractivity contribution in [3.63, 3.8) is 0 Å². The number of halogens is 2. The van der Waals surface area contributed by atoms with Crippen molar-refractivity contribution < 1.29 is 4.39 Å². The normalized spacial score (nSPS) is 10.8. The molecule has 0 radical (unpaired) electrons. The van der Waals surface area contributed by atoms with Gasteiger partial charge in [0.2, 0.25) is 0 Å². The van der Waals surface area contributed by atoms with Crippen molar-refractivity contribution in [1.29, 1.82) is 0 Å². The standard InChI is InChI=1S/C11H12ClFN4/c1-14-5-10-15-7-16-17(10)6-8-3-2-4-9(13)11(8)12/h2-4,7,14H,5-6H2,1H3. The van der Waals surface area contributed by atoms with E-state index in [1.54, 1.807) is 16.8 Å². The van der Waals surface area contributed by atoms with E-state index in [0.29, 0.717) is 18.7 Å². The first-order valence-electron chi connectivity index (χ1n) is 5.16. The predicted molar refractivity (Wildman–Crippen MR) is 63.3 cm³/mol. The van der Waals surface area contributed by atoms with E-state index in [0.717, 1.165) is 5.82 Å². The van der Waals surface area contributed by atoms with Gasteiger partial charge in [0.25, 0.3) is 0 Å². The largest absolute Gasteiger partial charge is 0.313 e. The fourth-order valence-electron chi connectivity index (χ4n) is 1.55. The smallest absolute Gasteiger partial charge is 0.142 e. The highest BCUT2D eigenvalue weighted by atomic mass is 35.5. The molecule has 17 heavy (non-hydrogen) atoms. The van der Waals surface area contributed by atoms with E-state index in [2.05, 4.69) is 15.4 Å². The maximum absolute atomic E-state index is 13.3. The molecule has 6 heteroatoms. The second kappa shape index (κ2) is 5.25. The number of rotatable bonds is 4. The van der Waals surface area contributed by atoms with E-state index < -0.39 is 5.82 Å². The molecule has 0 unspecified atom stereocenters. The van der Waals surface area contributed by atoms with E-state index in [9.17, 15) is 4.39 Å².